The number of aromatic hydroxyl groups is 1. The summed E-state index contributed by atoms with van der Waals surface area (Å²) >= 11 is 0. The topological polar surface area (TPSA) is 81.3 Å². The Morgan fingerprint density at radius 3 is 2.87 bits per heavy atom. The Morgan fingerprint density at radius 1 is 1.40 bits per heavy atom. The lowest BCUT2D eigenvalue weighted by Gasteiger charge is -2.06. The molecule has 2 rings (SSSR count). The number of hydrogen-bond acceptors (Lipinski definition) is 5. The van der Waals surface area contributed by atoms with Crippen LogP contribution < -0.4 is 10.5 Å². The highest BCUT2D eigenvalue weighted by atomic mass is 16.5. The molecule has 2 aromatic rings. The highest BCUT2D eigenvalue weighted by Crippen LogP contribution is 2.28. The number of hydrogen-bond donors (Lipinski definition) is 2. The van der Waals surface area contributed by atoms with Crippen molar-refractivity contribution in [3.8, 4) is 11.6 Å². The van der Waals surface area contributed by atoms with Gasteiger partial charge < -0.3 is 15.6 Å². The number of rotatable bonds is 2. The molecule has 15 heavy (non-hydrogen) atoms. The maximum atomic E-state index is 9.62. The van der Waals surface area contributed by atoms with Crippen LogP contribution >= 0.6 is 0 Å². The van der Waals surface area contributed by atoms with E-state index >= 15 is 0 Å². The number of phenols is 1. The number of phenolic OH excluding ortho intramolecular Hbond substituents is 1. The number of fused-ring (bicyclic) bond motifs is 1. The molecule has 1 aromatic heterocycles. The van der Waals surface area contributed by atoms with Crippen LogP contribution in [0, 0.1) is 0 Å². The summed E-state index contributed by atoms with van der Waals surface area (Å²) in [6, 6.07) is 5.06. The average molecular weight is 205 g/mol. The molecule has 0 atom stereocenters. The molecule has 5 heteroatoms. The van der Waals surface area contributed by atoms with Gasteiger partial charge in [0.2, 0.25) is 5.88 Å². The zero-order chi connectivity index (χ0) is 10.8. The van der Waals surface area contributed by atoms with Crippen molar-refractivity contribution < 1.29 is 9.84 Å². The lowest BCUT2D eigenvalue weighted by molar-refractivity contribution is 0.400. The first-order chi connectivity index (χ1) is 7.26. The van der Waals surface area contributed by atoms with Crippen molar-refractivity contribution in [3.05, 3.63) is 24.0 Å². The summed E-state index contributed by atoms with van der Waals surface area (Å²) in [4.78, 5) is 8.25. The number of benzene rings is 1. The molecule has 0 bridgehead atoms. The first-order valence-corrected chi connectivity index (χ1v) is 4.49. The molecule has 5 nitrogen and oxygen atoms in total. The van der Waals surface area contributed by atoms with E-state index in [4.69, 9.17) is 10.5 Å². The van der Waals surface area contributed by atoms with Crippen molar-refractivity contribution in [3.63, 3.8) is 0 Å². The second-order valence-electron chi connectivity index (χ2n) is 3.03. The first kappa shape index (κ1) is 9.67. The second kappa shape index (κ2) is 3.70. The highest BCUT2D eigenvalue weighted by molar-refractivity contribution is 5.88. The van der Waals surface area contributed by atoms with Gasteiger partial charge in [-0.1, -0.05) is 6.07 Å². The average Bonchev–Trinajstić information content (AvgIpc) is 2.28. The molecule has 0 saturated heterocycles. The lowest BCUT2D eigenvalue weighted by Crippen LogP contribution is -2.04. The number of aromatic nitrogens is 2. The summed E-state index contributed by atoms with van der Waals surface area (Å²) in [5.41, 5.74) is 5.92. The van der Waals surface area contributed by atoms with Gasteiger partial charge in [-0.2, -0.15) is 4.98 Å². The maximum absolute atomic E-state index is 9.62. The Balaban J connectivity index is 2.80. The molecule has 0 unspecified atom stereocenters. The van der Waals surface area contributed by atoms with Crippen LogP contribution in [0.25, 0.3) is 10.9 Å². The lowest BCUT2D eigenvalue weighted by atomic mass is 10.2. The Morgan fingerprint density at radius 2 is 2.20 bits per heavy atom. The zero-order valence-electron chi connectivity index (χ0n) is 8.27. The van der Waals surface area contributed by atoms with E-state index in [0.29, 0.717) is 22.6 Å². The van der Waals surface area contributed by atoms with E-state index in [0.717, 1.165) is 0 Å². The van der Waals surface area contributed by atoms with Crippen molar-refractivity contribution >= 4 is 10.9 Å². The van der Waals surface area contributed by atoms with Crippen LogP contribution in [0.4, 0.5) is 0 Å². The van der Waals surface area contributed by atoms with Gasteiger partial charge in [-0.05, 0) is 12.1 Å². The first-order valence-electron chi connectivity index (χ1n) is 4.49. The standard InChI is InChI=1S/C10H11N3O2/c1-15-10-6-3-2-4-7(14)9(6)12-8(5-11)13-10/h2-4,14H,5,11H2,1H3. The van der Waals surface area contributed by atoms with Gasteiger partial charge >= 0.3 is 0 Å². The Hall–Kier alpha value is -1.88. The number of nitrogens with zero attached hydrogens (tertiary/aromatic N) is 2. The number of nitrogens with two attached hydrogens (primary N) is 1. The maximum Gasteiger partial charge on any atom is 0.224 e. The van der Waals surface area contributed by atoms with Crippen molar-refractivity contribution in [2.75, 3.05) is 7.11 Å². The van der Waals surface area contributed by atoms with Gasteiger partial charge in [0.25, 0.3) is 0 Å². The van der Waals surface area contributed by atoms with Crippen LogP contribution in [0.15, 0.2) is 18.2 Å². The molecule has 0 aliphatic heterocycles. The minimum absolute atomic E-state index is 0.0999. The van der Waals surface area contributed by atoms with Gasteiger partial charge in [-0.15, -0.1) is 0 Å². The monoisotopic (exact) mass is 205 g/mol. The largest absolute Gasteiger partial charge is 0.506 e. The highest BCUT2D eigenvalue weighted by Gasteiger charge is 2.09. The van der Waals surface area contributed by atoms with Crippen LogP contribution in [0.5, 0.6) is 11.6 Å². The summed E-state index contributed by atoms with van der Waals surface area (Å²) in [5.74, 6) is 0.972. The van der Waals surface area contributed by atoms with Crippen molar-refractivity contribution in [1.29, 1.82) is 0 Å². The van der Waals surface area contributed by atoms with E-state index in [2.05, 4.69) is 9.97 Å². The SMILES string of the molecule is COc1nc(CN)nc2c(O)cccc12. The third-order valence-electron chi connectivity index (χ3n) is 2.09. The van der Waals surface area contributed by atoms with Crippen molar-refractivity contribution in [2.45, 2.75) is 6.54 Å². The van der Waals surface area contributed by atoms with E-state index in [-0.39, 0.29) is 12.3 Å². The molecule has 0 aliphatic rings. The minimum atomic E-state index is 0.0999. The van der Waals surface area contributed by atoms with E-state index in [1.807, 2.05) is 0 Å². The van der Waals surface area contributed by atoms with Crippen LogP contribution in [-0.2, 0) is 6.54 Å². The van der Waals surface area contributed by atoms with Gasteiger partial charge in [-0.25, -0.2) is 4.98 Å². The number of ether oxygens (including phenoxy) is 1. The summed E-state index contributed by atoms with van der Waals surface area (Å²) in [7, 11) is 1.52. The molecule has 3 N–H and O–H groups in total. The Labute approximate surface area is 86.5 Å². The predicted molar refractivity (Wildman–Crippen MR) is 55.6 cm³/mol. The molecule has 0 aliphatic carbocycles. The predicted octanol–water partition coefficient (Wildman–Crippen LogP) is 0.803. The molecule has 0 saturated carbocycles. The van der Waals surface area contributed by atoms with Crippen molar-refractivity contribution in [1.82, 2.24) is 9.97 Å². The molecule has 0 fully saturated rings. The smallest absolute Gasteiger partial charge is 0.224 e. The fourth-order valence-electron chi connectivity index (χ4n) is 1.40. The summed E-state index contributed by atoms with van der Waals surface area (Å²) in [6.07, 6.45) is 0. The second-order valence-corrected chi connectivity index (χ2v) is 3.03. The summed E-state index contributed by atoms with van der Waals surface area (Å²) < 4.78 is 5.11. The van der Waals surface area contributed by atoms with E-state index < -0.39 is 0 Å². The van der Waals surface area contributed by atoms with Gasteiger partial charge in [-0.3, -0.25) is 0 Å². The molecule has 1 aromatic carbocycles. The van der Waals surface area contributed by atoms with Gasteiger partial charge in [0.05, 0.1) is 19.0 Å². The van der Waals surface area contributed by atoms with E-state index in [9.17, 15) is 5.11 Å². The minimum Gasteiger partial charge on any atom is -0.506 e. The van der Waals surface area contributed by atoms with Crippen LogP contribution in [0.3, 0.4) is 0 Å². The van der Waals surface area contributed by atoms with Gasteiger partial charge in [0, 0.05) is 0 Å². The van der Waals surface area contributed by atoms with Crippen LogP contribution in [0.1, 0.15) is 5.82 Å². The normalized spacial score (nSPS) is 10.5. The van der Waals surface area contributed by atoms with Crippen LogP contribution in [0.2, 0.25) is 0 Å². The molecule has 0 spiro atoms. The van der Waals surface area contributed by atoms with E-state index in [1.54, 1.807) is 18.2 Å². The third kappa shape index (κ3) is 1.57. The molecule has 0 radical (unpaired) electrons. The Bertz CT molecular complexity index is 499. The molecular weight excluding hydrogens is 194 g/mol. The van der Waals surface area contributed by atoms with Gasteiger partial charge in [0.15, 0.2) is 0 Å². The Kier molecular flexibility index (Phi) is 2.39. The molecule has 1 heterocycles. The third-order valence-corrected chi connectivity index (χ3v) is 2.09. The fraction of sp³-hybridized carbons (Fsp3) is 0.200. The quantitative estimate of drug-likeness (QED) is 0.758. The molecule has 78 valence electrons. The van der Waals surface area contributed by atoms with E-state index in [1.165, 1.54) is 7.11 Å². The summed E-state index contributed by atoms with van der Waals surface area (Å²) in [5, 5.41) is 10.3. The fourth-order valence-corrected chi connectivity index (χ4v) is 1.40. The number of para-hydroxylation sites is 1. The van der Waals surface area contributed by atoms with Crippen LogP contribution in [-0.4, -0.2) is 22.2 Å². The number of methoxy groups -OCH3 is 1. The zero-order valence-corrected chi connectivity index (χ0v) is 8.27. The van der Waals surface area contributed by atoms with Crippen molar-refractivity contribution in [2.24, 2.45) is 5.73 Å². The van der Waals surface area contributed by atoms with Gasteiger partial charge in [0.1, 0.15) is 17.1 Å². The molecular formula is C10H11N3O2. The molecule has 0 amide bonds. The summed E-state index contributed by atoms with van der Waals surface area (Å²) in [6.45, 7) is 0.209.